The predicted octanol–water partition coefficient (Wildman–Crippen LogP) is 4.84. The van der Waals surface area contributed by atoms with Gasteiger partial charge in [-0.2, -0.15) is 10.1 Å². The molecule has 28 heavy (non-hydrogen) atoms. The Morgan fingerprint density at radius 2 is 1.75 bits per heavy atom. The van der Waals surface area contributed by atoms with E-state index >= 15 is 0 Å². The number of carbonyl (C=O) groups excluding carboxylic acids is 1. The maximum absolute atomic E-state index is 13.1. The van der Waals surface area contributed by atoms with Crippen LogP contribution in [0.3, 0.4) is 0 Å². The number of anilines is 1. The van der Waals surface area contributed by atoms with Crippen LogP contribution in [0.1, 0.15) is 61.4 Å². The third-order valence-corrected chi connectivity index (χ3v) is 5.48. The number of aryl methyl sites for hydroxylation is 1. The minimum Gasteiger partial charge on any atom is -0.274 e. The van der Waals surface area contributed by atoms with Gasteiger partial charge in [0, 0.05) is 6.42 Å². The Kier molecular flexibility index (Phi) is 5.24. The fraction of sp³-hybridized carbons (Fsp3) is 0.348. The van der Waals surface area contributed by atoms with Gasteiger partial charge in [0.1, 0.15) is 6.33 Å². The number of benzene rings is 2. The van der Waals surface area contributed by atoms with Gasteiger partial charge in [0.15, 0.2) is 0 Å². The van der Waals surface area contributed by atoms with Gasteiger partial charge in [0.2, 0.25) is 11.9 Å². The molecule has 2 heterocycles. The van der Waals surface area contributed by atoms with Gasteiger partial charge in [-0.05, 0) is 30.9 Å². The molecule has 2 aromatic carbocycles. The lowest BCUT2D eigenvalue weighted by atomic mass is 9.91. The number of rotatable bonds is 5. The van der Waals surface area contributed by atoms with E-state index in [2.05, 4.69) is 60.3 Å². The molecule has 0 fully saturated rings. The molecule has 0 aliphatic carbocycles. The zero-order chi connectivity index (χ0) is 19.5. The van der Waals surface area contributed by atoms with E-state index in [-0.39, 0.29) is 18.0 Å². The lowest BCUT2D eigenvalue weighted by Crippen LogP contribution is -2.42. The Labute approximate surface area is 166 Å². The first-order valence-corrected chi connectivity index (χ1v) is 10.0. The Balaban J connectivity index is 1.78. The van der Waals surface area contributed by atoms with Crippen molar-refractivity contribution >= 4 is 11.9 Å². The van der Waals surface area contributed by atoms with Crippen molar-refractivity contribution in [1.82, 2.24) is 14.8 Å². The van der Waals surface area contributed by atoms with Crippen molar-refractivity contribution in [2.45, 2.75) is 51.6 Å². The summed E-state index contributed by atoms with van der Waals surface area (Å²) in [6.07, 6.45) is 4.74. The smallest absolute Gasteiger partial charge is 0.231 e. The summed E-state index contributed by atoms with van der Waals surface area (Å²) in [4.78, 5) is 19.5. The number of unbranched alkanes of at least 4 members (excludes halogenated alkanes) is 1. The maximum Gasteiger partial charge on any atom is 0.231 e. The molecular weight excluding hydrogens is 348 g/mol. The monoisotopic (exact) mass is 374 g/mol. The van der Waals surface area contributed by atoms with Gasteiger partial charge < -0.3 is 0 Å². The van der Waals surface area contributed by atoms with E-state index in [0.717, 1.165) is 24.8 Å². The molecule has 1 aliphatic heterocycles. The highest BCUT2D eigenvalue weighted by molar-refractivity contribution is 5.92. The number of hydrogen-bond acceptors (Lipinski definition) is 3. The third kappa shape index (κ3) is 3.44. The molecule has 0 saturated heterocycles. The summed E-state index contributed by atoms with van der Waals surface area (Å²) in [6.45, 7) is 4.19. The summed E-state index contributed by atoms with van der Waals surface area (Å²) in [5.74, 6) is 0.763. The Morgan fingerprint density at radius 3 is 2.46 bits per heavy atom. The first kappa shape index (κ1) is 18.4. The van der Waals surface area contributed by atoms with Gasteiger partial charge in [-0.25, -0.2) is 4.68 Å². The minimum absolute atomic E-state index is 0.0476. The topological polar surface area (TPSA) is 51.0 Å². The van der Waals surface area contributed by atoms with Crippen LogP contribution in [0.2, 0.25) is 0 Å². The van der Waals surface area contributed by atoms with Crippen molar-refractivity contribution in [3.05, 3.63) is 77.6 Å². The average molecular weight is 374 g/mol. The van der Waals surface area contributed by atoms with E-state index in [1.165, 1.54) is 11.1 Å². The van der Waals surface area contributed by atoms with Crippen molar-refractivity contribution in [3.8, 4) is 0 Å². The molecule has 2 atom stereocenters. The average Bonchev–Trinajstić information content (AvgIpc) is 3.22. The van der Waals surface area contributed by atoms with Crippen molar-refractivity contribution in [3.63, 3.8) is 0 Å². The highest BCUT2D eigenvalue weighted by Gasteiger charge is 2.38. The molecule has 4 rings (SSSR count). The molecular formula is C23H26N4O. The standard InChI is InChI=1S/C23H26N4O/c1-3-4-10-22(28)26-20(18-8-6-5-7-9-18)15-21(27-23(26)24-16-25-27)19-13-11-17(2)12-14-19/h5-9,11-14,16,20-21H,3-4,10,15H2,1-2H3/t20-,21+/m1/s1. The first-order valence-electron chi connectivity index (χ1n) is 10.0. The van der Waals surface area contributed by atoms with Crippen LogP contribution in [0, 0.1) is 6.92 Å². The second-order valence-corrected chi connectivity index (χ2v) is 7.46. The van der Waals surface area contributed by atoms with Gasteiger partial charge >= 0.3 is 0 Å². The second-order valence-electron chi connectivity index (χ2n) is 7.46. The summed E-state index contributed by atoms with van der Waals surface area (Å²) in [7, 11) is 0. The fourth-order valence-electron chi connectivity index (χ4n) is 3.95. The lowest BCUT2D eigenvalue weighted by Gasteiger charge is -2.39. The lowest BCUT2D eigenvalue weighted by molar-refractivity contribution is -0.119. The number of amides is 1. The quantitative estimate of drug-likeness (QED) is 0.642. The van der Waals surface area contributed by atoms with Crippen molar-refractivity contribution < 1.29 is 4.79 Å². The van der Waals surface area contributed by atoms with Crippen LogP contribution >= 0.6 is 0 Å². The van der Waals surface area contributed by atoms with Gasteiger partial charge in [0.05, 0.1) is 12.1 Å². The van der Waals surface area contributed by atoms with Crippen molar-refractivity contribution in [2.75, 3.05) is 4.90 Å². The van der Waals surface area contributed by atoms with E-state index in [1.807, 2.05) is 27.8 Å². The summed E-state index contributed by atoms with van der Waals surface area (Å²) in [6, 6.07) is 18.8. The molecule has 5 heteroatoms. The van der Waals surface area contributed by atoms with Gasteiger partial charge in [-0.15, -0.1) is 0 Å². The van der Waals surface area contributed by atoms with Gasteiger partial charge in [-0.3, -0.25) is 9.69 Å². The number of hydrogen-bond donors (Lipinski definition) is 0. The number of aromatic nitrogens is 3. The highest BCUT2D eigenvalue weighted by Crippen LogP contribution is 2.42. The minimum atomic E-state index is -0.0476. The summed E-state index contributed by atoms with van der Waals surface area (Å²) in [5.41, 5.74) is 3.56. The molecule has 0 saturated carbocycles. The normalized spacial score (nSPS) is 18.7. The largest absolute Gasteiger partial charge is 0.274 e. The summed E-state index contributed by atoms with van der Waals surface area (Å²) in [5, 5.41) is 4.49. The Morgan fingerprint density at radius 1 is 1.04 bits per heavy atom. The van der Waals surface area contributed by atoms with Crippen molar-refractivity contribution in [2.24, 2.45) is 0 Å². The molecule has 1 aromatic heterocycles. The fourth-order valence-corrected chi connectivity index (χ4v) is 3.95. The van der Waals surface area contributed by atoms with Crippen LogP contribution in [0.4, 0.5) is 5.95 Å². The number of nitrogens with zero attached hydrogens (tertiary/aromatic N) is 4. The summed E-state index contributed by atoms with van der Waals surface area (Å²) >= 11 is 0. The Bertz CT molecular complexity index is 933. The van der Waals surface area contributed by atoms with E-state index in [0.29, 0.717) is 12.4 Å². The zero-order valence-electron chi connectivity index (χ0n) is 16.5. The van der Waals surface area contributed by atoms with Crippen LogP contribution < -0.4 is 4.90 Å². The van der Waals surface area contributed by atoms with Crippen LogP contribution in [-0.4, -0.2) is 20.7 Å². The zero-order valence-corrected chi connectivity index (χ0v) is 16.5. The van der Waals surface area contributed by atoms with E-state index in [9.17, 15) is 4.79 Å². The SMILES string of the molecule is CCCCC(=O)N1c2ncnn2[C@H](c2ccc(C)cc2)C[C@@H]1c1ccccc1. The second kappa shape index (κ2) is 7.97. The molecule has 1 aliphatic rings. The molecule has 0 radical (unpaired) electrons. The van der Waals surface area contributed by atoms with E-state index in [4.69, 9.17) is 0 Å². The molecule has 144 valence electrons. The van der Waals surface area contributed by atoms with Gasteiger partial charge in [0.25, 0.3) is 0 Å². The van der Waals surface area contributed by atoms with Crippen LogP contribution in [0.5, 0.6) is 0 Å². The van der Waals surface area contributed by atoms with Crippen molar-refractivity contribution in [1.29, 1.82) is 0 Å². The number of fused-ring (bicyclic) bond motifs is 1. The van der Waals surface area contributed by atoms with E-state index in [1.54, 1.807) is 6.33 Å². The Hall–Kier alpha value is -2.95. The third-order valence-electron chi connectivity index (χ3n) is 5.48. The predicted molar refractivity (Wildman–Crippen MR) is 110 cm³/mol. The molecule has 0 spiro atoms. The number of carbonyl (C=O) groups is 1. The van der Waals surface area contributed by atoms with Crippen LogP contribution in [0.15, 0.2) is 60.9 Å². The van der Waals surface area contributed by atoms with Gasteiger partial charge in [-0.1, -0.05) is 73.5 Å². The molecule has 3 aromatic rings. The summed E-state index contributed by atoms with van der Waals surface area (Å²) < 4.78 is 1.91. The van der Waals surface area contributed by atoms with Crippen LogP contribution in [0.25, 0.3) is 0 Å². The first-order chi connectivity index (χ1) is 13.7. The molecule has 0 unspecified atom stereocenters. The highest BCUT2D eigenvalue weighted by atomic mass is 16.2. The molecule has 5 nitrogen and oxygen atoms in total. The molecule has 0 bridgehead atoms. The maximum atomic E-state index is 13.1. The van der Waals surface area contributed by atoms with E-state index < -0.39 is 0 Å². The molecule has 0 N–H and O–H groups in total. The molecule has 1 amide bonds. The van der Waals surface area contributed by atoms with Crippen LogP contribution in [-0.2, 0) is 4.79 Å².